The number of fused-ring (bicyclic) bond motifs is 3. The summed E-state index contributed by atoms with van der Waals surface area (Å²) in [6.45, 7) is 11.1. The van der Waals surface area contributed by atoms with Crippen molar-refractivity contribution in [2.45, 2.75) is 84.0 Å². The van der Waals surface area contributed by atoms with Crippen LogP contribution in [0.5, 0.6) is 0 Å². The largest absolute Gasteiger partial charge is 0.458 e. The van der Waals surface area contributed by atoms with Crippen LogP contribution in [0, 0.1) is 5.92 Å². The molecular formula is C22H32O5. The first-order chi connectivity index (χ1) is 12.6. The van der Waals surface area contributed by atoms with Gasteiger partial charge in [0.25, 0.3) is 0 Å². The molecule has 1 saturated heterocycles. The number of ether oxygens (including phenoxy) is 2. The number of carbonyl (C=O) groups excluding carboxylic acids is 2. The highest BCUT2D eigenvalue weighted by atomic mass is 16.6. The lowest BCUT2D eigenvalue weighted by atomic mass is 9.83. The van der Waals surface area contributed by atoms with Crippen LogP contribution >= 0.6 is 0 Å². The van der Waals surface area contributed by atoms with Crippen molar-refractivity contribution in [1.29, 1.82) is 0 Å². The van der Waals surface area contributed by atoms with Gasteiger partial charge in [-0.15, -0.1) is 0 Å². The highest BCUT2D eigenvalue weighted by molar-refractivity contribution is 5.89. The average Bonchev–Trinajstić information content (AvgIpc) is 2.69. The lowest BCUT2D eigenvalue weighted by molar-refractivity contribution is -0.180. The van der Waals surface area contributed by atoms with Gasteiger partial charge in [0.05, 0.1) is 6.10 Å². The van der Waals surface area contributed by atoms with E-state index in [0.717, 1.165) is 18.4 Å². The quantitative estimate of drug-likeness (QED) is 0.425. The van der Waals surface area contributed by atoms with Gasteiger partial charge in [-0.3, -0.25) is 4.79 Å². The van der Waals surface area contributed by atoms with Gasteiger partial charge in [-0.2, -0.15) is 0 Å². The van der Waals surface area contributed by atoms with E-state index in [4.69, 9.17) is 9.47 Å². The smallest absolute Gasteiger partial charge is 0.334 e. The van der Waals surface area contributed by atoms with Crippen LogP contribution in [0.2, 0.25) is 0 Å². The van der Waals surface area contributed by atoms with Gasteiger partial charge in [-0.05, 0) is 70.8 Å². The van der Waals surface area contributed by atoms with E-state index in [0.29, 0.717) is 31.3 Å². The first-order valence-corrected chi connectivity index (χ1v) is 9.72. The van der Waals surface area contributed by atoms with Crippen molar-refractivity contribution < 1.29 is 24.2 Å². The Morgan fingerprint density at radius 3 is 2.70 bits per heavy atom. The normalized spacial score (nSPS) is 37.1. The van der Waals surface area contributed by atoms with E-state index in [9.17, 15) is 14.7 Å². The molecule has 1 aliphatic carbocycles. The maximum atomic E-state index is 12.6. The number of allylic oxidation sites excluding steroid dienone is 3. The zero-order valence-electron chi connectivity index (χ0n) is 16.9. The molecule has 1 N–H and O–H groups in total. The predicted octanol–water partition coefficient (Wildman–Crippen LogP) is 4.01. The summed E-state index contributed by atoms with van der Waals surface area (Å²) < 4.78 is 11.4. The van der Waals surface area contributed by atoms with Gasteiger partial charge in [0.2, 0.25) is 0 Å². The van der Waals surface area contributed by atoms with Crippen LogP contribution in [0.3, 0.4) is 0 Å². The third-order valence-electron chi connectivity index (χ3n) is 5.80. The number of carbonyl (C=O) groups is 2. The van der Waals surface area contributed by atoms with Crippen molar-refractivity contribution in [3.05, 3.63) is 35.5 Å². The fraction of sp³-hybridized carbons (Fsp3) is 0.636. The van der Waals surface area contributed by atoms with Crippen molar-refractivity contribution in [2.75, 3.05) is 0 Å². The van der Waals surface area contributed by atoms with Gasteiger partial charge in [-0.1, -0.05) is 24.3 Å². The molecular weight excluding hydrogens is 344 g/mol. The molecule has 0 radical (unpaired) electrons. The Hall–Kier alpha value is -1.88. The molecule has 1 fully saturated rings. The Kier molecular flexibility index (Phi) is 7.04. The Morgan fingerprint density at radius 2 is 2.04 bits per heavy atom. The van der Waals surface area contributed by atoms with E-state index in [2.05, 4.69) is 12.7 Å². The van der Waals surface area contributed by atoms with Crippen molar-refractivity contribution in [3.8, 4) is 0 Å². The Bertz CT molecular complexity index is 660. The molecule has 0 aromatic heterocycles. The topological polar surface area (TPSA) is 72.8 Å². The second-order valence-corrected chi connectivity index (χ2v) is 8.09. The van der Waals surface area contributed by atoms with E-state index >= 15 is 0 Å². The summed E-state index contributed by atoms with van der Waals surface area (Å²) in [5.41, 5.74) is 1.56. The molecule has 0 amide bonds. The maximum Gasteiger partial charge on any atom is 0.334 e. The molecule has 1 heterocycles. The van der Waals surface area contributed by atoms with E-state index in [-0.39, 0.29) is 11.9 Å². The molecule has 4 atom stereocenters. The van der Waals surface area contributed by atoms with Gasteiger partial charge < -0.3 is 14.6 Å². The zero-order chi connectivity index (χ0) is 20.2. The van der Waals surface area contributed by atoms with Crippen LogP contribution in [0.1, 0.15) is 66.2 Å². The van der Waals surface area contributed by atoms with Crippen LogP contribution < -0.4 is 0 Å². The molecule has 27 heavy (non-hydrogen) atoms. The van der Waals surface area contributed by atoms with Gasteiger partial charge in [0.1, 0.15) is 11.7 Å². The molecule has 150 valence electrons. The van der Waals surface area contributed by atoms with E-state index in [1.807, 2.05) is 26.8 Å². The molecule has 2 bridgehead atoms. The van der Waals surface area contributed by atoms with Crippen LogP contribution in [0.4, 0.5) is 0 Å². The molecule has 1 aliphatic heterocycles. The molecule has 2 aliphatic rings. The van der Waals surface area contributed by atoms with Crippen LogP contribution in [0.15, 0.2) is 35.5 Å². The number of aliphatic hydroxyl groups excluding tert-OH is 1. The van der Waals surface area contributed by atoms with Crippen LogP contribution in [0.25, 0.3) is 0 Å². The zero-order valence-corrected chi connectivity index (χ0v) is 16.9. The molecule has 0 saturated carbocycles. The lowest BCUT2D eigenvalue weighted by Crippen LogP contribution is -2.45. The van der Waals surface area contributed by atoms with Gasteiger partial charge >= 0.3 is 11.9 Å². The van der Waals surface area contributed by atoms with Crippen molar-refractivity contribution in [2.24, 2.45) is 5.92 Å². The summed E-state index contributed by atoms with van der Waals surface area (Å²) in [6.07, 6.45) is 6.72. The Morgan fingerprint density at radius 1 is 1.33 bits per heavy atom. The molecule has 5 heteroatoms. The van der Waals surface area contributed by atoms with Crippen LogP contribution in [-0.4, -0.2) is 34.9 Å². The number of esters is 2. The highest BCUT2D eigenvalue weighted by Gasteiger charge is 2.44. The minimum Gasteiger partial charge on any atom is -0.458 e. The highest BCUT2D eigenvalue weighted by Crippen LogP contribution is 2.38. The fourth-order valence-electron chi connectivity index (χ4n) is 3.80. The second-order valence-electron chi connectivity index (χ2n) is 8.09. The maximum absolute atomic E-state index is 12.6. The fourth-order valence-corrected chi connectivity index (χ4v) is 3.80. The van der Waals surface area contributed by atoms with Gasteiger partial charge in [-0.25, -0.2) is 4.79 Å². The Balaban J connectivity index is 2.40. The molecule has 0 unspecified atom stereocenters. The van der Waals surface area contributed by atoms with Crippen molar-refractivity contribution in [1.82, 2.24) is 0 Å². The number of rotatable bonds is 1. The van der Waals surface area contributed by atoms with E-state index in [1.54, 1.807) is 0 Å². The van der Waals surface area contributed by atoms with E-state index < -0.39 is 23.8 Å². The van der Waals surface area contributed by atoms with Gasteiger partial charge in [0, 0.05) is 12.5 Å². The van der Waals surface area contributed by atoms with Gasteiger partial charge in [0.15, 0.2) is 0 Å². The second kappa shape index (κ2) is 8.87. The summed E-state index contributed by atoms with van der Waals surface area (Å²) in [7, 11) is 0. The summed E-state index contributed by atoms with van der Waals surface area (Å²) in [6, 6.07) is 0. The molecule has 2 rings (SSSR count). The average molecular weight is 376 g/mol. The summed E-state index contributed by atoms with van der Waals surface area (Å²) in [5, 5.41) is 10.6. The molecule has 5 nitrogen and oxygen atoms in total. The number of hydrogen-bond acceptors (Lipinski definition) is 5. The first-order valence-electron chi connectivity index (χ1n) is 9.72. The molecule has 0 aromatic carbocycles. The van der Waals surface area contributed by atoms with Crippen molar-refractivity contribution >= 4 is 11.9 Å². The minimum absolute atomic E-state index is 0.157. The monoisotopic (exact) mass is 376 g/mol. The summed E-state index contributed by atoms with van der Waals surface area (Å²) in [5.74, 6) is -1.00. The summed E-state index contributed by atoms with van der Waals surface area (Å²) >= 11 is 0. The summed E-state index contributed by atoms with van der Waals surface area (Å²) in [4.78, 5) is 24.3. The number of hydrogen-bond donors (Lipinski definition) is 1. The SMILES string of the molecule is C=C1C(=O)O[C@]2(C)CC[C@@H]1C[C@@H](O)/C(C)=C/C/C=C(\C)CC[C@@H]2OC(C)=O. The first kappa shape index (κ1) is 21.4. The van der Waals surface area contributed by atoms with Crippen LogP contribution in [-0.2, 0) is 19.1 Å². The van der Waals surface area contributed by atoms with E-state index in [1.165, 1.54) is 12.5 Å². The molecule has 0 spiro atoms. The molecule has 0 aromatic rings. The third kappa shape index (κ3) is 5.55. The standard InChI is InChI=1S/C22H32O5/c1-14-7-6-8-15(2)19(24)13-18-11-12-22(5,27-21(25)16(18)3)20(10-9-14)26-17(4)23/h7-8,18-20,24H,3,6,9-13H2,1-2,4-5H3/b14-7+,15-8+/t18-,19-,20+,22-/m1/s1. The Labute approximate surface area is 162 Å². The lowest BCUT2D eigenvalue weighted by Gasteiger charge is -2.35. The predicted molar refractivity (Wildman–Crippen MR) is 104 cm³/mol. The number of aliphatic hydroxyl groups is 1. The van der Waals surface area contributed by atoms with Crippen molar-refractivity contribution in [3.63, 3.8) is 0 Å². The minimum atomic E-state index is -0.902. The third-order valence-corrected chi connectivity index (χ3v) is 5.80.